The lowest BCUT2D eigenvalue weighted by atomic mass is 9.71. The van der Waals surface area contributed by atoms with E-state index in [0.717, 1.165) is 12.8 Å². The topological polar surface area (TPSA) is 95.6 Å². The molecule has 1 amide bonds. The van der Waals surface area contributed by atoms with Crippen LogP contribution in [0.1, 0.15) is 49.9 Å². The molecule has 1 fully saturated rings. The molecular weight excluding hydrogens is 268 g/mol. The second kappa shape index (κ2) is 5.56. The first-order chi connectivity index (χ1) is 9.71. The summed E-state index contributed by atoms with van der Waals surface area (Å²) in [5.41, 5.74) is 5.51. The number of amides is 1. The maximum absolute atomic E-state index is 12.0. The number of rotatable bonds is 3. The summed E-state index contributed by atoms with van der Waals surface area (Å²) in [6, 6.07) is 4.37. The van der Waals surface area contributed by atoms with E-state index >= 15 is 0 Å². The van der Waals surface area contributed by atoms with Crippen LogP contribution in [-0.2, 0) is 0 Å². The van der Waals surface area contributed by atoms with E-state index in [9.17, 15) is 15.0 Å². The van der Waals surface area contributed by atoms with E-state index in [0.29, 0.717) is 18.4 Å². The Kier molecular flexibility index (Phi) is 4.14. The number of anilines is 1. The van der Waals surface area contributed by atoms with E-state index in [-0.39, 0.29) is 29.3 Å². The molecular formula is C16H24N2O3. The molecule has 1 aromatic carbocycles. The van der Waals surface area contributed by atoms with Gasteiger partial charge in [0.2, 0.25) is 0 Å². The lowest BCUT2D eigenvalue weighted by Crippen LogP contribution is -2.46. The summed E-state index contributed by atoms with van der Waals surface area (Å²) in [4.78, 5) is 12.0. The van der Waals surface area contributed by atoms with Crippen molar-refractivity contribution in [1.82, 2.24) is 5.32 Å². The fraction of sp³-hybridized carbons (Fsp3) is 0.562. The van der Waals surface area contributed by atoms with Gasteiger partial charge in [-0.15, -0.1) is 0 Å². The van der Waals surface area contributed by atoms with Crippen molar-refractivity contribution in [3.05, 3.63) is 23.8 Å². The Labute approximate surface area is 125 Å². The van der Waals surface area contributed by atoms with Crippen LogP contribution in [0, 0.1) is 5.41 Å². The standard InChI is InChI=1S/C16H24N2O3/c1-15(2)5-7-16(21,8-6-15)10-18-14(20)11-3-4-12(17)13(19)9-11/h3-4,9,19,21H,5-8,10,17H2,1-2H3,(H,18,20). The third-order valence-corrected chi connectivity index (χ3v) is 4.40. The first-order valence-electron chi connectivity index (χ1n) is 7.30. The van der Waals surface area contributed by atoms with Crippen LogP contribution in [0.15, 0.2) is 18.2 Å². The Hall–Kier alpha value is -1.75. The number of phenolic OH excluding ortho intramolecular Hbond substituents is 1. The molecule has 5 nitrogen and oxygen atoms in total. The lowest BCUT2D eigenvalue weighted by Gasteiger charge is -2.40. The molecule has 0 aromatic heterocycles. The summed E-state index contributed by atoms with van der Waals surface area (Å²) >= 11 is 0. The summed E-state index contributed by atoms with van der Waals surface area (Å²) in [5, 5.41) is 22.8. The quantitative estimate of drug-likeness (QED) is 0.506. The first-order valence-corrected chi connectivity index (χ1v) is 7.30. The van der Waals surface area contributed by atoms with Crippen molar-refractivity contribution in [2.45, 2.75) is 45.1 Å². The third kappa shape index (κ3) is 3.88. The molecule has 0 heterocycles. The molecule has 0 atom stereocenters. The van der Waals surface area contributed by atoms with Crippen molar-refractivity contribution in [2.75, 3.05) is 12.3 Å². The maximum atomic E-state index is 12.0. The number of aromatic hydroxyl groups is 1. The van der Waals surface area contributed by atoms with Gasteiger partial charge in [-0.3, -0.25) is 4.79 Å². The number of hydrogen-bond donors (Lipinski definition) is 4. The van der Waals surface area contributed by atoms with Crippen molar-refractivity contribution < 1.29 is 15.0 Å². The van der Waals surface area contributed by atoms with Gasteiger partial charge in [0.1, 0.15) is 5.75 Å². The summed E-state index contributed by atoms with van der Waals surface area (Å²) < 4.78 is 0. The van der Waals surface area contributed by atoms with Gasteiger partial charge >= 0.3 is 0 Å². The second-order valence-electron chi connectivity index (χ2n) is 6.84. The van der Waals surface area contributed by atoms with Gasteiger partial charge in [-0.1, -0.05) is 13.8 Å². The summed E-state index contributed by atoms with van der Waals surface area (Å²) in [5.74, 6) is -0.427. The molecule has 21 heavy (non-hydrogen) atoms. The number of nitrogen functional groups attached to an aromatic ring is 1. The van der Waals surface area contributed by atoms with Crippen LogP contribution in [0.5, 0.6) is 5.75 Å². The van der Waals surface area contributed by atoms with E-state index in [1.807, 2.05) is 0 Å². The van der Waals surface area contributed by atoms with E-state index in [1.54, 1.807) is 6.07 Å². The molecule has 1 saturated carbocycles. The molecule has 0 aliphatic heterocycles. The minimum Gasteiger partial charge on any atom is -0.506 e. The number of phenols is 1. The zero-order valence-corrected chi connectivity index (χ0v) is 12.6. The summed E-state index contributed by atoms with van der Waals surface area (Å²) in [6.45, 7) is 4.62. The highest BCUT2D eigenvalue weighted by Crippen LogP contribution is 2.39. The Morgan fingerprint density at radius 1 is 1.29 bits per heavy atom. The monoisotopic (exact) mass is 292 g/mol. The molecule has 0 spiro atoms. The van der Waals surface area contributed by atoms with Crippen LogP contribution in [0.25, 0.3) is 0 Å². The maximum Gasteiger partial charge on any atom is 0.251 e. The van der Waals surface area contributed by atoms with Crippen molar-refractivity contribution >= 4 is 11.6 Å². The van der Waals surface area contributed by atoms with Crippen LogP contribution in [0.2, 0.25) is 0 Å². The van der Waals surface area contributed by atoms with Crippen molar-refractivity contribution in [3.63, 3.8) is 0 Å². The normalized spacial score (nSPS) is 20.0. The van der Waals surface area contributed by atoms with Crippen LogP contribution >= 0.6 is 0 Å². The average molecular weight is 292 g/mol. The SMILES string of the molecule is CC1(C)CCC(O)(CNC(=O)c2ccc(N)c(O)c2)CC1. The fourth-order valence-corrected chi connectivity index (χ4v) is 2.60. The molecule has 1 aliphatic rings. The Bertz CT molecular complexity index is 530. The highest BCUT2D eigenvalue weighted by atomic mass is 16.3. The molecule has 0 saturated heterocycles. The molecule has 0 radical (unpaired) electrons. The van der Waals surface area contributed by atoms with Gasteiger partial charge in [0.15, 0.2) is 0 Å². The highest BCUT2D eigenvalue weighted by molar-refractivity contribution is 5.95. The van der Waals surface area contributed by atoms with E-state index < -0.39 is 5.60 Å². The van der Waals surface area contributed by atoms with Gasteiger partial charge in [-0.2, -0.15) is 0 Å². The number of benzene rings is 1. The van der Waals surface area contributed by atoms with Crippen molar-refractivity contribution in [3.8, 4) is 5.75 Å². The van der Waals surface area contributed by atoms with E-state index in [1.165, 1.54) is 12.1 Å². The predicted molar refractivity (Wildman–Crippen MR) is 82.1 cm³/mol. The van der Waals surface area contributed by atoms with Crippen LogP contribution < -0.4 is 11.1 Å². The minimum atomic E-state index is -0.832. The second-order valence-corrected chi connectivity index (χ2v) is 6.84. The smallest absolute Gasteiger partial charge is 0.251 e. The largest absolute Gasteiger partial charge is 0.506 e. The van der Waals surface area contributed by atoms with Gasteiger partial charge in [0.25, 0.3) is 5.91 Å². The Morgan fingerprint density at radius 2 is 1.90 bits per heavy atom. The molecule has 0 unspecified atom stereocenters. The zero-order chi connectivity index (χ0) is 15.7. The fourth-order valence-electron chi connectivity index (χ4n) is 2.60. The van der Waals surface area contributed by atoms with Crippen LogP contribution in [0.3, 0.4) is 0 Å². The Morgan fingerprint density at radius 3 is 2.48 bits per heavy atom. The first kappa shape index (κ1) is 15.6. The molecule has 0 bridgehead atoms. The number of nitrogens with two attached hydrogens (primary N) is 1. The predicted octanol–water partition coefficient (Wildman–Crippen LogP) is 2.04. The number of hydrogen-bond acceptors (Lipinski definition) is 4. The molecule has 2 rings (SSSR count). The van der Waals surface area contributed by atoms with Gasteiger partial charge < -0.3 is 21.3 Å². The zero-order valence-electron chi connectivity index (χ0n) is 12.6. The number of carbonyl (C=O) groups is 1. The number of aliphatic hydroxyl groups is 1. The minimum absolute atomic E-state index is 0.110. The summed E-state index contributed by atoms with van der Waals surface area (Å²) in [7, 11) is 0. The molecule has 5 N–H and O–H groups in total. The van der Waals surface area contributed by atoms with Crippen LogP contribution in [0.4, 0.5) is 5.69 Å². The molecule has 1 aromatic rings. The molecule has 1 aliphatic carbocycles. The van der Waals surface area contributed by atoms with Gasteiger partial charge in [0.05, 0.1) is 11.3 Å². The van der Waals surface area contributed by atoms with Gasteiger partial charge in [0, 0.05) is 12.1 Å². The number of carbonyl (C=O) groups excluding carboxylic acids is 1. The molecule has 116 valence electrons. The lowest BCUT2D eigenvalue weighted by molar-refractivity contribution is -0.0233. The van der Waals surface area contributed by atoms with E-state index in [2.05, 4.69) is 19.2 Å². The van der Waals surface area contributed by atoms with Crippen molar-refractivity contribution in [2.24, 2.45) is 5.41 Å². The Balaban J connectivity index is 1.93. The van der Waals surface area contributed by atoms with Gasteiger partial charge in [-0.25, -0.2) is 0 Å². The van der Waals surface area contributed by atoms with Crippen molar-refractivity contribution in [1.29, 1.82) is 0 Å². The van der Waals surface area contributed by atoms with E-state index in [4.69, 9.17) is 5.73 Å². The molecule has 5 heteroatoms. The van der Waals surface area contributed by atoms with Gasteiger partial charge in [-0.05, 0) is 49.3 Å². The highest BCUT2D eigenvalue weighted by Gasteiger charge is 2.36. The summed E-state index contributed by atoms with van der Waals surface area (Å²) in [6.07, 6.45) is 3.27. The number of nitrogens with one attached hydrogen (secondary N) is 1. The third-order valence-electron chi connectivity index (χ3n) is 4.40. The average Bonchev–Trinajstić information content (AvgIpc) is 2.43. The van der Waals surface area contributed by atoms with Crippen LogP contribution in [-0.4, -0.2) is 28.3 Å².